The Kier molecular flexibility index (Phi) is 9.00. The molecule has 0 aliphatic carbocycles. The molecule has 0 atom stereocenters. The van der Waals surface area contributed by atoms with E-state index in [4.69, 9.17) is 18.9 Å². The SMILES string of the molecule is C=CC(=O)O/C=C\Oc1ccc(-c2ccc(-c3ccc(O/C=C\OC(=O)C(=C)C)cc3)c(C)c2)cc1. The van der Waals surface area contributed by atoms with Crippen molar-refractivity contribution in [1.82, 2.24) is 0 Å². The van der Waals surface area contributed by atoms with Gasteiger partial charge in [0.05, 0.1) is 0 Å². The molecule has 0 spiro atoms. The van der Waals surface area contributed by atoms with E-state index in [2.05, 4.69) is 38.3 Å². The van der Waals surface area contributed by atoms with Crippen molar-refractivity contribution in [3.63, 3.8) is 0 Å². The molecule has 36 heavy (non-hydrogen) atoms. The Labute approximate surface area is 210 Å². The van der Waals surface area contributed by atoms with Crippen LogP contribution in [0.2, 0.25) is 0 Å². The average molecular weight is 483 g/mol. The molecule has 0 heterocycles. The lowest BCUT2D eigenvalue weighted by Crippen LogP contribution is -1.99. The van der Waals surface area contributed by atoms with E-state index in [0.717, 1.165) is 40.2 Å². The van der Waals surface area contributed by atoms with Crippen LogP contribution in [0.15, 0.2) is 117 Å². The van der Waals surface area contributed by atoms with Crippen LogP contribution < -0.4 is 9.47 Å². The summed E-state index contributed by atoms with van der Waals surface area (Å²) in [5.41, 5.74) is 5.72. The van der Waals surface area contributed by atoms with Crippen molar-refractivity contribution in [3.8, 4) is 33.8 Å². The highest BCUT2D eigenvalue weighted by Gasteiger charge is 2.06. The predicted octanol–water partition coefficient (Wildman–Crippen LogP) is 6.88. The first-order valence-corrected chi connectivity index (χ1v) is 11.0. The number of carbonyl (C=O) groups excluding carboxylic acids is 2. The molecule has 0 unspecified atom stereocenters. The first-order valence-electron chi connectivity index (χ1n) is 11.0. The predicted molar refractivity (Wildman–Crippen MR) is 139 cm³/mol. The quantitative estimate of drug-likeness (QED) is 0.178. The number of hydrogen-bond donors (Lipinski definition) is 0. The van der Waals surface area contributed by atoms with Gasteiger partial charge in [-0.2, -0.15) is 0 Å². The highest BCUT2D eigenvalue weighted by Crippen LogP contribution is 2.30. The van der Waals surface area contributed by atoms with Crippen LogP contribution in [0.25, 0.3) is 22.3 Å². The Bertz CT molecular complexity index is 1300. The van der Waals surface area contributed by atoms with Gasteiger partial charge in [0, 0.05) is 11.6 Å². The normalized spacial score (nSPS) is 10.7. The van der Waals surface area contributed by atoms with Crippen LogP contribution in [0.5, 0.6) is 11.5 Å². The lowest BCUT2D eigenvalue weighted by Gasteiger charge is -2.10. The lowest BCUT2D eigenvalue weighted by atomic mass is 9.96. The van der Waals surface area contributed by atoms with Crippen LogP contribution in [0.4, 0.5) is 0 Å². The van der Waals surface area contributed by atoms with Gasteiger partial charge >= 0.3 is 11.9 Å². The van der Waals surface area contributed by atoms with Crippen molar-refractivity contribution >= 4 is 11.9 Å². The summed E-state index contributed by atoms with van der Waals surface area (Å²) in [7, 11) is 0. The maximum atomic E-state index is 11.3. The molecular weight excluding hydrogens is 456 g/mol. The van der Waals surface area contributed by atoms with Crippen LogP contribution in [0.1, 0.15) is 12.5 Å². The first-order chi connectivity index (χ1) is 17.4. The second kappa shape index (κ2) is 12.6. The van der Waals surface area contributed by atoms with Gasteiger partial charge in [-0.15, -0.1) is 0 Å². The summed E-state index contributed by atoms with van der Waals surface area (Å²) in [5, 5.41) is 0. The van der Waals surface area contributed by atoms with Gasteiger partial charge in [0.2, 0.25) is 0 Å². The molecule has 0 aromatic heterocycles. The van der Waals surface area contributed by atoms with Crippen LogP contribution in [-0.2, 0) is 19.1 Å². The van der Waals surface area contributed by atoms with Crippen LogP contribution in [0, 0.1) is 6.92 Å². The molecule has 3 aromatic carbocycles. The van der Waals surface area contributed by atoms with E-state index in [1.54, 1.807) is 6.92 Å². The van der Waals surface area contributed by atoms with Gasteiger partial charge in [0.15, 0.2) is 0 Å². The fourth-order valence-electron chi connectivity index (χ4n) is 3.15. The Morgan fingerprint density at radius 3 is 1.78 bits per heavy atom. The number of rotatable bonds is 10. The van der Waals surface area contributed by atoms with Crippen molar-refractivity contribution in [2.24, 2.45) is 0 Å². The molecule has 0 amide bonds. The first kappa shape index (κ1) is 25.8. The van der Waals surface area contributed by atoms with Gasteiger partial charge in [-0.1, -0.05) is 55.6 Å². The third kappa shape index (κ3) is 7.33. The smallest absolute Gasteiger partial charge is 0.338 e. The van der Waals surface area contributed by atoms with Crippen molar-refractivity contribution in [3.05, 3.63) is 122 Å². The number of esters is 2. The van der Waals surface area contributed by atoms with Crippen LogP contribution in [0.3, 0.4) is 0 Å². The molecule has 0 saturated heterocycles. The Balaban J connectivity index is 1.62. The molecule has 0 aliphatic heterocycles. The molecule has 0 fully saturated rings. The summed E-state index contributed by atoms with van der Waals surface area (Å²) in [4.78, 5) is 22.3. The molecule has 0 aliphatic rings. The summed E-state index contributed by atoms with van der Waals surface area (Å²) in [6.45, 7) is 10.5. The molecule has 0 N–H and O–H groups in total. The van der Waals surface area contributed by atoms with Gasteiger partial charge in [0.1, 0.15) is 36.5 Å². The van der Waals surface area contributed by atoms with E-state index in [-0.39, 0.29) is 0 Å². The van der Waals surface area contributed by atoms with Gasteiger partial charge in [-0.3, -0.25) is 0 Å². The monoisotopic (exact) mass is 482 g/mol. The van der Waals surface area contributed by atoms with Crippen molar-refractivity contribution in [2.75, 3.05) is 0 Å². The van der Waals surface area contributed by atoms with E-state index in [1.807, 2.05) is 48.5 Å². The van der Waals surface area contributed by atoms with E-state index in [0.29, 0.717) is 17.1 Å². The summed E-state index contributed by atoms with van der Waals surface area (Å²) in [6.07, 6.45) is 6.02. The Morgan fingerprint density at radius 2 is 1.25 bits per heavy atom. The van der Waals surface area contributed by atoms with Crippen molar-refractivity contribution < 1.29 is 28.5 Å². The highest BCUT2D eigenvalue weighted by atomic mass is 16.5. The van der Waals surface area contributed by atoms with Gasteiger partial charge in [0.25, 0.3) is 0 Å². The Morgan fingerprint density at radius 1 is 0.722 bits per heavy atom. The molecule has 6 heteroatoms. The number of hydrogen-bond acceptors (Lipinski definition) is 6. The second-order valence-electron chi connectivity index (χ2n) is 7.69. The third-order valence-electron chi connectivity index (χ3n) is 4.97. The zero-order chi connectivity index (χ0) is 25.9. The van der Waals surface area contributed by atoms with E-state index >= 15 is 0 Å². The molecule has 182 valence electrons. The molecule has 3 aromatic rings. The number of benzene rings is 3. The lowest BCUT2D eigenvalue weighted by molar-refractivity contribution is -0.134. The number of aryl methyl sites for hydroxylation is 1. The maximum Gasteiger partial charge on any atom is 0.338 e. The van der Waals surface area contributed by atoms with Crippen molar-refractivity contribution in [2.45, 2.75) is 13.8 Å². The molecule has 6 nitrogen and oxygen atoms in total. The molecular formula is C30H26O6. The molecule has 0 bridgehead atoms. The minimum absolute atomic E-state index is 0.314. The fraction of sp³-hybridized carbons (Fsp3) is 0.0667. The summed E-state index contributed by atoms with van der Waals surface area (Å²) >= 11 is 0. The maximum absolute atomic E-state index is 11.3. The third-order valence-corrected chi connectivity index (χ3v) is 4.97. The second-order valence-corrected chi connectivity index (χ2v) is 7.69. The van der Waals surface area contributed by atoms with Crippen molar-refractivity contribution in [1.29, 1.82) is 0 Å². The average Bonchev–Trinajstić information content (AvgIpc) is 2.89. The standard InChI is InChI=1S/C30H26O6/c1-5-29(31)35-18-16-33-26-11-6-23(7-12-26)25-10-15-28(22(4)20-25)24-8-13-27(14-9-24)34-17-19-36-30(32)21(2)3/h5-20H,1-2H2,3-4H3/b18-16-,19-17-. The van der Waals surface area contributed by atoms with Crippen LogP contribution in [-0.4, -0.2) is 11.9 Å². The van der Waals surface area contributed by atoms with Gasteiger partial charge in [-0.05, 0) is 65.9 Å². The largest absolute Gasteiger partial charge is 0.462 e. The number of carbonyl (C=O) groups is 2. The minimum atomic E-state index is -0.552. The summed E-state index contributed by atoms with van der Waals surface area (Å²) < 4.78 is 20.5. The fourth-order valence-corrected chi connectivity index (χ4v) is 3.15. The topological polar surface area (TPSA) is 71.1 Å². The van der Waals surface area contributed by atoms with Gasteiger partial charge < -0.3 is 18.9 Å². The zero-order valence-corrected chi connectivity index (χ0v) is 20.1. The summed E-state index contributed by atoms with van der Waals surface area (Å²) in [5.74, 6) is 0.175. The zero-order valence-electron chi connectivity index (χ0n) is 20.1. The molecule has 0 saturated carbocycles. The number of ether oxygens (including phenoxy) is 4. The Hall–Kier alpha value is -4.84. The molecule has 3 rings (SSSR count). The van der Waals surface area contributed by atoms with E-state index in [1.165, 1.54) is 18.8 Å². The van der Waals surface area contributed by atoms with Gasteiger partial charge in [-0.25, -0.2) is 9.59 Å². The van der Waals surface area contributed by atoms with Crippen LogP contribution >= 0.6 is 0 Å². The van der Waals surface area contributed by atoms with E-state index in [9.17, 15) is 9.59 Å². The minimum Gasteiger partial charge on any atom is -0.462 e. The molecule has 0 radical (unpaired) electrons. The summed E-state index contributed by atoms with van der Waals surface area (Å²) in [6, 6.07) is 21.5. The highest BCUT2D eigenvalue weighted by molar-refractivity contribution is 5.87. The van der Waals surface area contributed by atoms with E-state index < -0.39 is 11.9 Å².